The summed E-state index contributed by atoms with van der Waals surface area (Å²) in [6.45, 7) is 13.5. The molecule has 192 valence electrons. The van der Waals surface area contributed by atoms with Gasteiger partial charge in [0.2, 0.25) is 5.91 Å². The van der Waals surface area contributed by atoms with E-state index in [0.717, 1.165) is 5.56 Å². The zero-order valence-electron chi connectivity index (χ0n) is 21.7. The fourth-order valence-electron chi connectivity index (χ4n) is 4.51. The summed E-state index contributed by atoms with van der Waals surface area (Å²) in [5.41, 5.74) is -0.451. The highest BCUT2D eigenvalue weighted by atomic mass is 16.6. The van der Waals surface area contributed by atoms with Gasteiger partial charge in [0.15, 0.2) is 5.82 Å². The van der Waals surface area contributed by atoms with Crippen LogP contribution in [0.5, 0.6) is 0 Å². The number of ether oxygens (including phenoxy) is 2. The van der Waals surface area contributed by atoms with Gasteiger partial charge in [0.1, 0.15) is 11.3 Å². The van der Waals surface area contributed by atoms with Gasteiger partial charge in [0, 0.05) is 5.92 Å². The first-order valence-electron chi connectivity index (χ1n) is 12.1. The van der Waals surface area contributed by atoms with Crippen LogP contribution in [-0.2, 0) is 27.2 Å². The number of carbonyl (C=O) groups excluding carboxylic acids is 2. The third-order valence-corrected chi connectivity index (χ3v) is 6.10. The summed E-state index contributed by atoms with van der Waals surface area (Å²) in [6, 6.07) is 9.69. The van der Waals surface area contributed by atoms with Crippen molar-refractivity contribution < 1.29 is 19.1 Å². The smallest absolute Gasteiger partial charge is 0.412 e. The van der Waals surface area contributed by atoms with Crippen molar-refractivity contribution in [1.29, 1.82) is 0 Å². The van der Waals surface area contributed by atoms with E-state index in [0.29, 0.717) is 18.7 Å². The molecule has 1 saturated heterocycles. The minimum absolute atomic E-state index is 0.0555. The quantitative estimate of drug-likeness (QED) is 0.586. The second-order valence-corrected chi connectivity index (χ2v) is 10.8. The van der Waals surface area contributed by atoms with Crippen LogP contribution in [-0.4, -0.2) is 61.0 Å². The first-order chi connectivity index (χ1) is 16.4. The van der Waals surface area contributed by atoms with E-state index < -0.39 is 17.4 Å². The molecule has 2 aromatic rings. The number of rotatable bonds is 8. The second-order valence-electron chi connectivity index (χ2n) is 10.8. The van der Waals surface area contributed by atoms with Gasteiger partial charge in [-0.25, -0.2) is 4.79 Å². The van der Waals surface area contributed by atoms with Gasteiger partial charge in [-0.3, -0.25) is 9.69 Å². The maximum absolute atomic E-state index is 13.3. The second kappa shape index (κ2) is 10.7. The van der Waals surface area contributed by atoms with Crippen LogP contribution in [0, 0.1) is 11.8 Å². The molecule has 10 nitrogen and oxygen atoms in total. The topological polar surface area (TPSA) is 122 Å². The monoisotopic (exact) mass is 486 g/mol. The average molecular weight is 487 g/mol. The standard InChI is InChI=1S/C25H38N6O4/c1-16(2)18(22(32)26-15-21-27-29-30-28-21)14-20-19(13-17-11-9-8-10-12-17)31(25(6,7)34-20)23(33)35-24(3,4)5/h8-12,16,18-20H,13-15H2,1-7H3,(H,26,32)(H,27,28,29,30)/t18-,19-,20-/m0/s1. The molecule has 35 heavy (non-hydrogen) atoms. The van der Waals surface area contributed by atoms with Crippen molar-refractivity contribution in [2.45, 2.75) is 91.3 Å². The Balaban J connectivity index is 1.85. The first kappa shape index (κ1) is 26.6. The van der Waals surface area contributed by atoms with E-state index in [1.54, 1.807) is 4.90 Å². The van der Waals surface area contributed by atoms with E-state index in [2.05, 4.69) is 25.9 Å². The largest absolute Gasteiger partial charge is 0.444 e. The zero-order chi connectivity index (χ0) is 25.8. The summed E-state index contributed by atoms with van der Waals surface area (Å²) in [5, 5.41) is 16.6. The summed E-state index contributed by atoms with van der Waals surface area (Å²) in [6.07, 6.45) is 0.258. The lowest BCUT2D eigenvalue weighted by molar-refractivity contribution is -0.129. The predicted molar refractivity (Wildman–Crippen MR) is 130 cm³/mol. The fraction of sp³-hybridized carbons (Fsp3) is 0.640. The van der Waals surface area contributed by atoms with Crippen molar-refractivity contribution in [1.82, 2.24) is 30.8 Å². The molecule has 2 N–H and O–H groups in total. The third kappa shape index (κ3) is 7.00. The fourth-order valence-corrected chi connectivity index (χ4v) is 4.51. The zero-order valence-corrected chi connectivity index (χ0v) is 21.7. The van der Waals surface area contributed by atoms with Crippen LogP contribution in [0.2, 0.25) is 0 Å². The molecule has 10 heteroatoms. The average Bonchev–Trinajstić information content (AvgIpc) is 3.35. The van der Waals surface area contributed by atoms with Crippen LogP contribution in [0.25, 0.3) is 0 Å². The molecule has 0 saturated carbocycles. The molecule has 0 aliphatic carbocycles. The van der Waals surface area contributed by atoms with E-state index >= 15 is 0 Å². The maximum atomic E-state index is 13.3. The van der Waals surface area contributed by atoms with E-state index in [1.165, 1.54) is 0 Å². The molecule has 3 rings (SSSR count). The highest BCUT2D eigenvalue weighted by molar-refractivity contribution is 5.79. The van der Waals surface area contributed by atoms with Crippen LogP contribution in [0.3, 0.4) is 0 Å². The van der Waals surface area contributed by atoms with Crippen molar-refractivity contribution in [3.63, 3.8) is 0 Å². The van der Waals surface area contributed by atoms with Gasteiger partial charge in [-0.05, 0) is 58.9 Å². The Kier molecular flexibility index (Phi) is 8.15. The number of carbonyl (C=O) groups is 2. The number of benzene rings is 1. The Morgan fingerprint density at radius 2 is 1.91 bits per heavy atom. The van der Waals surface area contributed by atoms with E-state index in [4.69, 9.17) is 9.47 Å². The van der Waals surface area contributed by atoms with Crippen molar-refractivity contribution >= 4 is 12.0 Å². The highest BCUT2D eigenvalue weighted by Crippen LogP contribution is 2.38. The van der Waals surface area contributed by atoms with E-state index in [9.17, 15) is 9.59 Å². The highest BCUT2D eigenvalue weighted by Gasteiger charge is 2.52. The molecule has 3 atom stereocenters. The minimum Gasteiger partial charge on any atom is -0.444 e. The number of hydrogen-bond donors (Lipinski definition) is 2. The van der Waals surface area contributed by atoms with Gasteiger partial charge in [0.05, 0.1) is 18.7 Å². The number of aromatic amines is 1. The van der Waals surface area contributed by atoms with Gasteiger partial charge < -0.3 is 14.8 Å². The molecule has 0 spiro atoms. The van der Waals surface area contributed by atoms with Crippen LogP contribution in [0.15, 0.2) is 30.3 Å². The molecule has 1 aliphatic rings. The summed E-state index contributed by atoms with van der Waals surface area (Å²) >= 11 is 0. The number of tetrazole rings is 1. The Hall–Kier alpha value is -3.01. The molecule has 2 heterocycles. The number of hydrogen-bond acceptors (Lipinski definition) is 7. The molecule has 1 fully saturated rings. The Morgan fingerprint density at radius 1 is 1.23 bits per heavy atom. The number of nitrogens with one attached hydrogen (secondary N) is 2. The van der Waals surface area contributed by atoms with Crippen LogP contribution < -0.4 is 5.32 Å². The number of amides is 2. The lowest BCUT2D eigenvalue weighted by Crippen LogP contribution is -2.51. The number of nitrogens with zero attached hydrogens (tertiary/aromatic N) is 4. The molecule has 0 radical (unpaired) electrons. The van der Waals surface area contributed by atoms with Crippen LogP contribution in [0.4, 0.5) is 4.79 Å². The molecule has 1 aliphatic heterocycles. The minimum atomic E-state index is -0.894. The van der Waals surface area contributed by atoms with Crippen molar-refractivity contribution in [2.75, 3.05) is 0 Å². The lowest BCUT2D eigenvalue weighted by atomic mass is 9.86. The molecule has 1 aromatic carbocycles. The van der Waals surface area contributed by atoms with Gasteiger partial charge in [-0.15, -0.1) is 10.2 Å². The van der Waals surface area contributed by atoms with Crippen molar-refractivity contribution in [2.24, 2.45) is 11.8 Å². The van der Waals surface area contributed by atoms with E-state index in [-0.39, 0.29) is 36.4 Å². The molecule has 1 aromatic heterocycles. The molecule has 2 amide bonds. The van der Waals surface area contributed by atoms with Gasteiger partial charge in [-0.2, -0.15) is 5.21 Å². The predicted octanol–water partition coefficient (Wildman–Crippen LogP) is 3.46. The SMILES string of the molecule is CC(C)[C@H](C[C@@H]1OC(C)(C)N(C(=O)OC(C)(C)C)[C@H]1Cc1ccccc1)C(=O)NCc1nn[nH]n1. The summed E-state index contributed by atoms with van der Waals surface area (Å²) < 4.78 is 12.2. The van der Waals surface area contributed by atoms with E-state index in [1.807, 2.05) is 78.8 Å². The lowest BCUT2D eigenvalue weighted by Gasteiger charge is -2.35. The van der Waals surface area contributed by atoms with Gasteiger partial charge >= 0.3 is 6.09 Å². The number of H-pyrrole nitrogens is 1. The molecule has 0 unspecified atom stereocenters. The summed E-state index contributed by atoms with van der Waals surface area (Å²) in [5.74, 6) is 0.0250. The normalized spacial score (nSPS) is 20.6. The summed E-state index contributed by atoms with van der Waals surface area (Å²) in [4.78, 5) is 28.2. The van der Waals surface area contributed by atoms with Crippen molar-refractivity contribution in [3.8, 4) is 0 Å². The molecule has 0 bridgehead atoms. The Labute approximate surface area is 207 Å². The molecular weight excluding hydrogens is 448 g/mol. The van der Waals surface area contributed by atoms with Crippen molar-refractivity contribution in [3.05, 3.63) is 41.7 Å². The third-order valence-electron chi connectivity index (χ3n) is 6.10. The first-order valence-corrected chi connectivity index (χ1v) is 12.1. The Morgan fingerprint density at radius 3 is 2.49 bits per heavy atom. The molecular formula is C25H38N6O4. The van der Waals surface area contributed by atoms with Gasteiger partial charge in [0.25, 0.3) is 0 Å². The number of aromatic nitrogens is 4. The van der Waals surface area contributed by atoms with Crippen LogP contribution in [0.1, 0.15) is 66.3 Å². The van der Waals surface area contributed by atoms with Gasteiger partial charge in [-0.1, -0.05) is 49.4 Å². The maximum Gasteiger partial charge on any atom is 0.412 e. The Bertz CT molecular complexity index is 972. The van der Waals surface area contributed by atoms with Crippen LogP contribution >= 0.6 is 0 Å². The summed E-state index contributed by atoms with van der Waals surface area (Å²) in [7, 11) is 0.